The Balaban J connectivity index is 1.77. The summed E-state index contributed by atoms with van der Waals surface area (Å²) in [7, 11) is 1.52. The van der Waals surface area contributed by atoms with E-state index in [1.807, 2.05) is 45.0 Å². The summed E-state index contributed by atoms with van der Waals surface area (Å²) in [6, 6.07) is 6.27. The summed E-state index contributed by atoms with van der Waals surface area (Å²) in [6.45, 7) is 5.95. The summed E-state index contributed by atoms with van der Waals surface area (Å²) in [5.41, 5.74) is 1.09. The van der Waals surface area contributed by atoms with Crippen molar-refractivity contribution < 1.29 is 19.8 Å². The minimum Gasteiger partial charge on any atom is -0.392 e. The topological polar surface area (TPSA) is 121 Å². The molecule has 0 aliphatic carbocycles. The molecule has 0 saturated carbocycles. The van der Waals surface area contributed by atoms with Crippen LogP contribution in [0.4, 0.5) is 0 Å². The molecule has 2 heterocycles. The third-order valence-electron chi connectivity index (χ3n) is 5.48. The third kappa shape index (κ3) is 5.48. The third-order valence-corrected chi connectivity index (χ3v) is 6.53. The first-order valence-electron chi connectivity index (χ1n) is 10.6. The number of rotatable bonds is 7. The van der Waals surface area contributed by atoms with Crippen LogP contribution in [0.5, 0.6) is 0 Å². The van der Waals surface area contributed by atoms with Crippen LogP contribution in [0, 0.1) is 5.41 Å². The second-order valence-electron chi connectivity index (χ2n) is 9.06. The number of β-amino-alcohol motifs (C(OH)–C–C–N with tert-alkyl or cyclic N) is 1. The number of hydrogen-bond acceptors (Lipinski definition) is 7. The number of likely N-dealkylation sites (N-methyl/N-ethyl adjacent to an activating group) is 1. The molecule has 2 unspecified atom stereocenters. The summed E-state index contributed by atoms with van der Waals surface area (Å²) < 4.78 is 1.57. The Kier molecular flexibility index (Phi) is 7.58. The highest BCUT2D eigenvalue weighted by atomic mass is 32.2. The van der Waals surface area contributed by atoms with Gasteiger partial charge in [0.15, 0.2) is 0 Å². The molecule has 0 bridgehead atoms. The fourth-order valence-electron chi connectivity index (χ4n) is 3.86. The lowest BCUT2D eigenvalue weighted by Crippen LogP contribution is -2.49. The first-order valence-corrected chi connectivity index (χ1v) is 11.6. The van der Waals surface area contributed by atoms with Crippen molar-refractivity contribution in [3.63, 3.8) is 0 Å². The smallest absolute Gasteiger partial charge is 0.248 e. The molecule has 3 N–H and O–H groups in total. The lowest BCUT2D eigenvalue weighted by atomic mass is 9.85. The van der Waals surface area contributed by atoms with Gasteiger partial charge in [-0.05, 0) is 23.1 Å². The van der Waals surface area contributed by atoms with E-state index in [2.05, 4.69) is 15.6 Å². The molecular weight excluding hydrogens is 430 g/mol. The van der Waals surface area contributed by atoms with Gasteiger partial charge in [-0.25, -0.2) is 4.68 Å². The summed E-state index contributed by atoms with van der Waals surface area (Å²) in [5, 5.41) is 30.3. The standard InChI is InChI=1S/C22H31N5O4S/c1-22(2,3)19(21(31)26-11-16(29)9-18(26)20(30)23-4)27-10-15(24-25-27)13-32-17-7-5-14(12-28)6-8-17/h5-8,10,16,18-19,28-29H,9,11-13H2,1-4H3,(H,23,30)/t16?,18-,19?/m1/s1. The van der Waals surface area contributed by atoms with E-state index in [9.17, 15) is 14.7 Å². The molecule has 3 atom stereocenters. The van der Waals surface area contributed by atoms with E-state index in [0.29, 0.717) is 5.75 Å². The van der Waals surface area contributed by atoms with Gasteiger partial charge in [-0.3, -0.25) is 9.59 Å². The Hall–Kier alpha value is -2.43. The van der Waals surface area contributed by atoms with Gasteiger partial charge >= 0.3 is 0 Å². The van der Waals surface area contributed by atoms with E-state index in [4.69, 9.17) is 5.11 Å². The molecule has 174 valence electrons. The zero-order valence-corrected chi connectivity index (χ0v) is 19.7. The van der Waals surface area contributed by atoms with Crippen molar-refractivity contribution in [2.24, 2.45) is 5.41 Å². The number of likely N-dealkylation sites (tertiary alicyclic amines) is 1. The van der Waals surface area contributed by atoms with E-state index in [0.717, 1.165) is 16.2 Å². The predicted molar refractivity (Wildman–Crippen MR) is 121 cm³/mol. The monoisotopic (exact) mass is 461 g/mol. The lowest BCUT2D eigenvalue weighted by molar-refractivity contribution is -0.144. The van der Waals surface area contributed by atoms with Crippen LogP contribution in [0.2, 0.25) is 0 Å². The molecular formula is C22H31N5O4S. The van der Waals surface area contributed by atoms with Crippen LogP contribution in [-0.4, -0.2) is 67.7 Å². The van der Waals surface area contributed by atoms with Crippen LogP contribution in [0.25, 0.3) is 0 Å². The Bertz CT molecular complexity index is 941. The van der Waals surface area contributed by atoms with Crippen LogP contribution in [0.15, 0.2) is 35.4 Å². The second-order valence-corrected chi connectivity index (χ2v) is 10.1. The molecule has 9 nitrogen and oxygen atoms in total. The van der Waals surface area contributed by atoms with Crippen molar-refractivity contribution in [3.8, 4) is 0 Å². The Morgan fingerprint density at radius 1 is 1.28 bits per heavy atom. The van der Waals surface area contributed by atoms with Crippen molar-refractivity contribution in [3.05, 3.63) is 41.7 Å². The maximum atomic E-state index is 13.5. The minimum absolute atomic E-state index is 0.0102. The maximum Gasteiger partial charge on any atom is 0.248 e. The van der Waals surface area contributed by atoms with Gasteiger partial charge in [0.1, 0.15) is 12.1 Å². The van der Waals surface area contributed by atoms with Gasteiger partial charge < -0.3 is 20.4 Å². The first kappa shape index (κ1) is 24.2. The summed E-state index contributed by atoms with van der Waals surface area (Å²) in [6.07, 6.45) is 1.25. The molecule has 1 aromatic carbocycles. The fraction of sp³-hybridized carbons (Fsp3) is 0.545. The molecule has 10 heteroatoms. The average molecular weight is 462 g/mol. The highest BCUT2D eigenvalue weighted by molar-refractivity contribution is 7.98. The first-order chi connectivity index (χ1) is 15.1. The van der Waals surface area contributed by atoms with E-state index in [1.165, 1.54) is 11.9 Å². The number of benzene rings is 1. The molecule has 0 spiro atoms. The van der Waals surface area contributed by atoms with Gasteiger partial charge in [0.25, 0.3) is 0 Å². The number of hydrogen-bond donors (Lipinski definition) is 3. The number of aliphatic hydroxyl groups is 2. The van der Waals surface area contributed by atoms with Gasteiger partial charge in [0.05, 0.1) is 24.6 Å². The summed E-state index contributed by atoms with van der Waals surface area (Å²) in [5.74, 6) is 0.0316. The van der Waals surface area contributed by atoms with Crippen molar-refractivity contribution >= 4 is 23.6 Å². The van der Waals surface area contributed by atoms with Crippen LogP contribution in [-0.2, 0) is 21.9 Å². The molecule has 1 aliphatic heterocycles. The summed E-state index contributed by atoms with van der Waals surface area (Å²) >= 11 is 1.59. The molecule has 32 heavy (non-hydrogen) atoms. The number of thioether (sulfide) groups is 1. The zero-order chi connectivity index (χ0) is 23.5. The number of nitrogens with one attached hydrogen (secondary N) is 1. The number of aliphatic hydroxyl groups excluding tert-OH is 2. The number of carbonyl (C=O) groups excluding carboxylic acids is 2. The quantitative estimate of drug-likeness (QED) is 0.533. The van der Waals surface area contributed by atoms with Crippen LogP contribution >= 0.6 is 11.8 Å². The van der Waals surface area contributed by atoms with Gasteiger partial charge in [0.2, 0.25) is 11.8 Å². The fourth-order valence-corrected chi connectivity index (χ4v) is 4.64. The molecule has 1 fully saturated rings. The van der Waals surface area contributed by atoms with Gasteiger partial charge in [0, 0.05) is 30.7 Å². The van der Waals surface area contributed by atoms with Crippen LogP contribution < -0.4 is 5.32 Å². The normalized spacial score (nSPS) is 19.8. The zero-order valence-electron chi connectivity index (χ0n) is 18.9. The summed E-state index contributed by atoms with van der Waals surface area (Å²) in [4.78, 5) is 28.3. The van der Waals surface area contributed by atoms with Crippen molar-refractivity contribution in [1.82, 2.24) is 25.2 Å². The van der Waals surface area contributed by atoms with E-state index < -0.39 is 23.6 Å². The van der Waals surface area contributed by atoms with E-state index in [1.54, 1.807) is 22.6 Å². The van der Waals surface area contributed by atoms with Gasteiger partial charge in [-0.1, -0.05) is 38.1 Å². The van der Waals surface area contributed by atoms with Crippen LogP contribution in [0.3, 0.4) is 0 Å². The van der Waals surface area contributed by atoms with Crippen molar-refractivity contribution in [1.29, 1.82) is 0 Å². The molecule has 2 aromatic rings. The number of carbonyl (C=O) groups is 2. The largest absolute Gasteiger partial charge is 0.392 e. The van der Waals surface area contributed by atoms with Crippen molar-refractivity contribution in [2.75, 3.05) is 13.6 Å². The Morgan fingerprint density at radius 2 is 1.97 bits per heavy atom. The molecule has 3 rings (SSSR count). The van der Waals surface area contributed by atoms with E-state index in [-0.39, 0.29) is 31.4 Å². The number of amides is 2. The van der Waals surface area contributed by atoms with Gasteiger partial charge in [-0.15, -0.1) is 16.9 Å². The molecule has 1 aromatic heterocycles. The molecule has 1 saturated heterocycles. The Morgan fingerprint density at radius 3 is 2.56 bits per heavy atom. The highest BCUT2D eigenvalue weighted by Crippen LogP contribution is 2.34. The molecule has 0 radical (unpaired) electrons. The highest BCUT2D eigenvalue weighted by Gasteiger charge is 2.44. The average Bonchev–Trinajstić information content (AvgIpc) is 3.37. The molecule has 2 amide bonds. The number of nitrogens with zero attached hydrogens (tertiary/aromatic N) is 4. The maximum absolute atomic E-state index is 13.5. The second kappa shape index (κ2) is 10.0. The molecule has 1 aliphatic rings. The minimum atomic E-state index is -0.734. The van der Waals surface area contributed by atoms with Crippen LogP contribution in [0.1, 0.15) is 44.5 Å². The van der Waals surface area contributed by atoms with E-state index >= 15 is 0 Å². The van der Waals surface area contributed by atoms with Crippen molar-refractivity contribution in [2.45, 2.75) is 62.6 Å². The van der Waals surface area contributed by atoms with Gasteiger partial charge in [-0.2, -0.15) is 0 Å². The lowest BCUT2D eigenvalue weighted by Gasteiger charge is -2.34. The number of aromatic nitrogens is 3. The SMILES string of the molecule is CNC(=O)[C@H]1CC(O)CN1C(=O)C(n1cc(CSc2ccc(CO)cc2)nn1)C(C)(C)C. The predicted octanol–water partition coefficient (Wildman–Crippen LogP) is 1.36. The Labute approximate surface area is 192 Å².